The van der Waals surface area contributed by atoms with Crippen molar-refractivity contribution in [3.05, 3.63) is 59.9 Å². The highest BCUT2D eigenvalue weighted by Gasteiger charge is 2.03. The lowest BCUT2D eigenvalue weighted by Crippen LogP contribution is -2.18. The second-order valence-corrected chi connectivity index (χ2v) is 4.63. The highest BCUT2D eigenvalue weighted by Crippen LogP contribution is 2.15. The first-order valence-corrected chi connectivity index (χ1v) is 6.70. The molecule has 3 heteroatoms. The largest absolute Gasteiger partial charge is 0.370 e. The molecule has 0 aliphatic heterocycles. The van der Waals surface area contributed by atoms with Gasteiger partial charge in [-0.3, -0.25) is 4.98 Å². The molecule has 2 aromatic rings. The Kier molecular flexibility index (Phi) is 4.93. The Bertz CT molecular complexity index is 496. The van der Waals surface area contributed by atoms with E-state index in [1.807, 2.05) is 12.3 Å². The fourth-order valence-electron chi connectivity index (χ4n) is 2.00. The Morgan fingerprint density at radius 2 is 1.95 bits per heavy atom. The summed E-state index contributed by atoms with van der Waals surface area (Å²) in [5.74, 6) is 0. The number of aromatic nitrogens is 1. The number of anilines is 1. The zero-order valence-electron chi connectivity index (χ0n) is 11.6. The average Bonchev–Trinajstić information content (AvgIpc) is 2.46. The first kappa shape index (κ1) is 13.6. The number of nitrogens with one attached hydrogen (secondary N) is 1. The fourth-order valence-corrected chi connectivity index (χ4v) is 2.00. The van der Waals surface area contributed by atoms with Crippen molar-refractivity contribution in [2.45, 2.75) is 20.0 Å². The Hall–Kier alpha value is -1.87. The molecule has 2 rings (SSSR count). The fraction of sp³-hybridized carbons (Fsp3) is 0.312. The van der Waals surface area contributed by atoms with Crippen LogP contribution in [0.15, 0.2) is 48.7 Å². The van der Waals surface area contributed by atoms with Gasteiger partial charge < -0.3 is 10.2 Å². The molecule has 0 saturated carbocycles. The monoisotopic (exact) mass is 255 g/mol. The third-order valence-corrected chi connectivity index (χ3v) is 3.06. The van der Waals surface area contributed by atoms with Gasteiger partial charge in [-0.05, 0) is 24.2 Å². The second-order valence-electron chi connectivity index (χ2n) is 4.63. The first-order valence-electron chi connectivity index (χ1n) is 6.70. The van der Waals surface area contributed by atoms with Crippen LogP contribution in [0.5, 0.6) is 0 Å². The van der Waals surface area contributed by atoms with Crippen molar-refractivity contribution in [3.63, 3.8) is 0 Å². The van der Waals surface area contributed by atoms with Crippen LogP contribution >= 0.6 is 0 Å². The maximum atomic E-state index is 4.38. The van der Waals surface area contributed by atoms with Gasteiger partial charge in [-0.1, -0.05) is 37.3 Å². The van der Waals surface area contributed by atoms with Crippen LogP contribution < -0.4 is 10.2 Å². The summed E-state index contributed by atoms with van der Waals surface area (Å²) in [5, 5.41) is 3.30. The number of rotatable bonds is 6. The summed E-state index contributed by atoms with van der Waals surface area (Å²) in [5.41, 5.74) is 3.60. The zero-order chi connectivity index (χ0) is 13.5. The van der Waals surface area contributed by atoms with Gasteiger partial charge >= 0.3 is 0 Å². The molecule has 0 unspecified atom stereocenters. The third-order valence-electron chi connectivity index (χ3n) is 3.06. The Balaban J connectivity index is 2.04. The molecule has 1 aromatic heterocycles. The number of benzene rings is 1. The molecule has 100 valence electrons. The highest BCUT2D eigenvalue weighted by molar-refractivity contribution is 5.46. The van der Waals surface area contributed by atoms with Gasteiger partial charge in [0.15, 0.2) is 0 Å². The van der Waals surface area contributed by atoms with Crippen LogP contribution in [0.1, 0.15) is 18.2 Å². The molecule has 0 fully saturated rings. The topological polar surface area (TPSA) is 28.2 Å². The Morgan fingerprint density at radius 1 is 1.16 bits per heavy atom. The van der Waals surface area contributed by atoms with Crippen LogP contribution in [-0.2, 0) is 13.1 Å². The molecule has 0 aliphatic carbocycles. The predicted octanol–water partition coefficient (Wildman–Crippen LogP) is 2.83. The molecule has 0 bridgehead atoms. The van der Waals surface area contributed by atoms with Crippen molar-refractivity contribution >= 4 is 5.69 Å². The SMILES string of the molecule is CCNCc1cc(N(C)Cc2ccccc2)ccn1. The highest BCUT2D eigenvalue weighted by atomic mass is 15.1. The van der Waals surface area contributed by atoms with Gasteiger partial charge in [0.25, 0.3) is 0 Å². The van der Waals surface area contributed by atoms with Crippen LogP contribution in [0.2, 0.25) is 0 Å². The predicted molar refractivity (Wildman–Crippen MR) is 80.2 cm³/mol. The van der Waals surface area contributed by atoms with Gasteiger partial charge in [0.05, 0.1) is 5.69 Å². The van der Waals surface area contributed by atoms with Crippen molar-refractivity contribution in [1.29, 1.82) is 0 Å². The maximum absolute atomic E-state index is 4.38. The molecule has 3 nitrogen and oxygen atoms in total. The molecule has 0 amide bonds. The number of hydrogen-bond acceptors (Lipinski definition) is 3. The van der Waals surface area contributed by atoms with Gasteiger partial charge in [-0.2, -0.15) is 0 Å². The third kappa shape index (κ3) is 4.07. The normalized spacial score (nSPS) is 10.4. The maximum Gasteiger partial charge on any atom is 0.0562 e. The van der Waals surface area contributed by atoms with E-state index in [4.69, 9.17) is 0 Å². The summed E-state index contributed by atoms with van der Waals surface area (Å²) in [4.78, 5) is 6.62. The second kappa shape index (κ2) is 6.90. The van der Waals surface area contributed by atoms with Crippen LogP contribution in [-0.4, -0.2) is 18.6 Å². The lowest BCUT2D eigenvalue weighted by molar-refractivity contribution is 0.710. The Morgan fingerprint density at radius 3 is 2.68 bits per heavy atom. The van der Waals surface area contributed by atoms with Crippen LogP contribution in [0, 0.1) is 0 Å². The Labute approximate surface area is 115 Å². The van der Waals surface area contributed by atoms with E-state index in [0.29, 0.717) is 0 Å². The van der Waals surface area contributed by atoms with Crippen LogP contribution in [0.4, 0.5) is 5.69 Å². The molecular weight excluding hydrogens is 234 g/mol. The summed E-state index contributed by atoms with van der Waals surface area (Å²) in [6.07, 6.45) is 1.88. The molecule has 0 aliphatic rings. The molecule has 0 spiro atoms. The van der Waals surface area contributed by atoms with E-state index >= 15 is 0 Å². The lowest BCUT2D eigenvalue weighted by atomic mass is 10.2. The summed E-state index contributed by atoms with van der Waals surface area (Å²) < 4.78 is 0. The smallest absolute Gasteiger partial charge is 0.0562 e. The summed E-state index contributed by atoms with van der Waals surface area (Å²) in [7, 11) is 2.11. The molecule has 0 radical (unpaired) electrons. The van der Waals surface area contributed by atoms with E-state index in [9.17, 15) is 0 Å². The minimum atomic E-state index is 0.823. The minimum absolute atomic E-state index is 0.823. The van der Waals surface area contributed by atoms with E-state index in [0.717, 1.165) is 25.3 Å². The molecular formula is C16H21N3. The molecule has 1 heterocycles. The first-order chi connectivity index (χ1) is 9.29. The zero-order valence-corrected chi connectivity index (χ0v) is 11.6. The van der Waals surface area contributed by atoms with Crippen molar-refractivity contribution in [2.24, 2.45) is 0 Å². The van der Waals surface area contributed by atoms with Crippen molar-refractivity contribution < 1.29 is 0 Å². The minimum Gasteiger partial charge on any atom is -0.370 e. The van der Waals surface area contributed by atoms with E-state index in [-0.39, 0.29) is 0 Å². The molecule has 1 N–H and O–H groups in total. The summed E-state index contributed by atoms with van der Waals surface area (Å²) in [6, 6.07) is 14.7. The quantitative estimate of drug-likeness (QED) is 0.860. The summed E-state index contributed by atoms with van der Waals surface area (Å²) in [6.45, 7) is 4.80. The van der Waals surface area contributed by atoms with Gasteiger partial charge in [0, 0.05) is 32.0 Å². The lowest BCUT2D eigenvalue weighted by Gasteiger charge is -2.20. The molecule has 0 saturated heterocycles. The van der Waals surface area contributed by atoms with Crippen molar-refractivity contribution in [3.8, 4) is 0 Å². The van der Waals surface area contributed by atoms with E-state index in [1.54, 1.807) is 0 Å². The number of nitrogens with zero attached hydrogens (tertiary/aromatic N) is 2. The average molecular weight is 255 g/mol. The van der Waals surface area contributed by atoms with Gasteiger partial charge in [-0.25, -0.2) is 0 Å². The van der Waals surface area contributed by atoms with Gasteiger partial charge in [-0.15, -0.1) is 0 Å². The number of pyridine rings is 1. The molecule has 0 atom stereocenters. The van der Waals surface area contributed by atoms with E-state index in [1.165, 1.54) is 11.3 Å². The van der Waals surface area contributed by atoms with Gasteiger partial charge in [0.1, 0.15) is 0 Å². The van der Waals surface area contributed by atoms with Crippen LogP contribution in [0.3, 0.4) is 0 Å². The number of hydrogen-bond donors (Lipinski definition) is 1. The van der Waals surface area contributed by atoms with Crippen molar-refractivity contribution in [1.82, 2.24) is 10.3 Å². The van der Waals surface area contributed by atoms with Crippen LogP contribution in [0.25, 0.3) is 0 Å². The van der Waals surface area contributed by atoms with E-state index in [2.05, 4.69) is 65.6 Å². The standard InChI is InChI=1S/C16H21N3/c1-3-17-12-15-11-16(9-10-18-15)19(2)13-14-7-5-4-6-8-14/h4-11,17H,3,12-13H2,1-2H3. The van der Waals surface area contributed by atoms with E-state index < -0.39 is 0 Å². The molecule has 19 heavy (non-hydrogen) atoms. The summed E-state index contributed by atoms with van der Waals surface area (Å²) >= 11 is 0. The molecule has 1 aromatic carbocycles. The van der Waals surface area contributed by atoms with Gasteiger partial charge in [0.2, 0.25) is 0 Å². The van der Waals surface area contributed by atoms with Crippen molar-refractivity contribution in [2.75, 3.05) is 18.5 Å².